The first-order valence-corrected chi connectivity index (χ1v) is 8.28. The summed E-state index contributed by atoms with van der Waals surface area (Å²) in [4.78, 5) is 26.8. The van der Waals surface area contributed by atoms with Crippen molar-refractivity contribution in [1.82, 2.24) is 4.98 Å². The molecule has 0 aliphatic carbocycles. The van der Waals surface area contributed by atoms with Crippen LogP contribution in [0.5, 0.6) is 11.5 Å². The molecule has 0 saturated carbocycles. The summed E-state index contributed by atoms with van der Waals surface area (Å²) in [6.07, 6.45) is 0. The fourth-order valence-corrected chi connectivity index (χ4v) is 2.43. The maximum Gasteiger partial charge on any atom is 0.267 e. The minimum atomic E-state index is -0.694. The highest BCUT2D eigenvalue weighted by molar-refractivity contribution is 5.93. The molecule has 1 heterocycles. The number of hydrogen-bond acceptors (Lipinski definition) is 5. The Morgan fingerprint density at radius 3 is 2.14 bits per heavy atom. The number of rotatable bonds is 7. The Bertz CT molecular complexity index is 1000. The molecule has 8 heteroatoms. The fourth-order valence-electron chi connectivity index (χ4n) is 2.43. The highest BCUT2D eigenvalue weighted by atomic mass is 19.1. The van der Waals surface area contributed by atoms with Gasteiger partial charge in [-0.15, -0.1) is 0 Å². The second-order valence-corrected chi connectivity index (χ2v) is 5.89. The van der Waals surface area contributed by atoms with Crippen molar-refractivity contribution in [2.45, 2.75) is 0 Å². The van der Waals surface area contributed by atoms with Crippen molar-refractivity contribution in [3.8, 4) is 22.8 Å². The zero-order valence-corrected chi connectivity index (χ0v) is 14.7. The van der Waals surface area contributed by atoms with Crippen LogP contribution in [0, 0.1) is 5.82 Å². The minimum absolute atomic E-state index is 0.0520. The molecule has 5 N–H and O–H groups in total. The van der Waals surface area contributed by atoms with Gasteiger partial charge in [-0.05, 0) is 60.7 Å². The molecule has 2 amide bonds. The maximum atomic E-state index is 13.0. The first-order valence-electron chi connectivity index (χ1n) is 8.28. The van der Waals surface area contributed by atoms with Gasteiger partial charge in [-0.1, -0.05) is 0 Å². The summed E-state index contributed by atoms with van der Waals surface area (Å²) in [5, 5.41) is 2.82. The van der Waals surface area contributed by atoms with E-state index >= 15 is 0 Å². The molecule has 1 aromatic heterocycles. The second kappa shape index (κ2) is 8.17. The number of amides is 2. The molecule has 0 saturated heterocycles. The Balaban J connectivity index is 1.84. The van der Waals surface area contributed by atoms with Crippen LogP contribution in [0.3, 0.4) is 0 Å². The Labute approximate surface area is 160 Å². The van der Waals surface area contributed by atoms with E-state index in [-0.39, 0.29) is 18.1 Å². The number of nitrogens with zero attached hydrogens (tertiary/aromatic N) is 1. The molecule has 0 aliphatic heterocycles. The van der Waals surface area contributed by atoms with Crippen LogP contribution in [0.15, 0.2) is 60.7 Å². The van der Waals surface area contributed by atoms with Gasteiger partial charge >= 0.3 is 0 Å². The first-order chi connectivity index (χ1) is 13.4. The van der Waals surface area contributed by atoms with Crippen LogP contribution in [0.2, 0.25) is 0 Å². The molecular formula is C20H17FN4O3. The molecule has 0 aliphatic rings. The summed E-state index contributed by atoms with van der Waals surface area (Å²) in [7, 11) is 0. The van der Waals surface area contributed by atoms with Gasteiger partial charge in [-0.2, -0.15) is 0 Å². The van der Waals surface area contributed by atoms with Gasteiger partial charge in [0.15, 0.2) is 0 Å². The number of carbonyl (C=O) groups is 2. The van der Waals surface area contributed by atoms with Gasteiger partial charge in [0.1, 0.15) is 23.0 Å². The van der Waals surface area contributed by atoms with Crippen LogP contribution in [-0.2, 0) is 4.79 Å². The minimum Gasteiger partial charge on any atom is -0.457 e. The number of nitrogens with two attached hydrogens (primary N) is 2. The van der Waals surface area contributed by atoms with Crippen LogP contribution in [0.25, 0.3) is 11.3 Å². The monoisotopic (exact) mass is 380 g/mol. The highest BCUT2D eigenvalue weighted by Gasteiger charge is 2.10. The first kappa shape index (κ1) is 18.8. The molecule has 142 valence electrons. The van der Waals surface area contributed by atoms with Gasteiger partial charge in [0.05, 0.1) is 12.2 Å². The molecular weight excluding hydrogens is 363 g/mol. The Morgan fingerprint density at radius 1 is 0.964 bits per heavy atom. The number of carbonyl (C=O) groups excluding carboxylic acids is 2. The molecule has 0 bridgehead atoms. The average molecular weight is 380 g/mol. The second-order valence-electron chi connectivity index (χ2n) is 5.89. The molecule has 28 heavy (non-hydrogen) atoms. The Morgan fingerprint density at radius 2 is 1.57 bits per heavy atom. The van der Waals surface area contributed by atoms with E-state index in [2.05, 4.69) is 10.3 Å². The van der Waals surface area contributed by atoms with E-state index in [1.165, 1.54) is 30.3 Å². The van der Waals surface area contributed by atoms with E-state index in [9.17, 15) is 14.0 Å². The number of anilines is 1. The van der Waals surface area contributed by atoms with Gasteiger partial charge in [0.2, 0.25) is 5.91 Å². The molecule has 0 fully saturated rings. The van der Waals surface area contributed by atoms with Gasteiger partial charge in [-0.3, -0.25) is 9.59 Å². The standard InChI is InChI=1S/C20H17FN4O3/c21-13-3-7-16(8-4-13)28-15-5-1-12(2-6-15)17-9-14(24-11-19(22)26)10-18(25-17)20(23)27/h1-10H,11H2,(H2,22,26)(H2,23,27)(H,24,25). The van der Waals surface area contributed by atoms with Crippen molar-refractivity contribution in [2.24, 2.45) is 11.5 Å². The third-order valence-electron chi connectivity index (χ3n) is 3.74. The van der Waals surface area contributed by atoms with Crippen LogP contribution in [0.4, 0.5) is 10.1 Å². The van der Waals surface area contributed by atoms with Crippen molar-refractivity contribution in [1.29, 1.82) is 0 Å². The zero-order valence-electron chi connectivity index (χ0n) is 14.7. The van der Waals surface area contributed by atoms with Gasteiger partial charge < -0.3 is 21.5 Å². The summed E-state index contributed by atoms with van der Waals surface area (Å²) < 4.78 is 18.6. The normalized spacial score (nSPS) is 10.3. The third-order valence-corrected chi connectivity index (χ3v) is 3.74. The lowest BCUT2D eigenvalue weighted by atomic mass is 10.1. The summed E-state index contributed by atoms with van der Waals surface area (Å²) in [5.74, 6) is -0.528. The van der Waals surface area contributed by atoms with Crippen molar-refractivity contribution >= 4 is 17.5 Å². The number of ether oxygens (including phenoxy) is 1. The zero-order chi connectivity index (χ0) is 20.1. The number of primary amides is 2. The quantitative estimate of drug-likeness (QED) is 0.582. The largest absolute Gasteiger partial charge is 0.457 e. The summed E-state index contributed by atoms with van der Waals surface area (Å²) in [6.45, 7) is -0.0912. The van der Waals surface area contributed by atoms with E-state index in [1.54, 1.807) is 30.3 Å². The number of nitrogens with one attached hydrogen (secondary N) is 1. The van der Waals surface area contributed by atoms with Crippen LogP contribution >= 0.6 is 0 Å². The number of aromatic nitrogens is 1. The number of benzene rings is 2. The van der Waals surface area contributed by atoms with E-state index in [1.807, 2.05) is 0 Å². The van der Waals surface area contributed by atoms with Gasteiger partial charge in [0, 0.05) is 11.3 Å². The molecule has 0 unspecified atom stereocenters. The molecule has 2 aromatic carbocycles. The average Bonchev–Trinajstić information content (AvgIpc) is 2.68. The van der Waals surface area contributed by atoms with Gasteiger partial charge in [0.25, 0.3) is 5.91 Å². The van der Waals surface area contributed by atoms with E-state index in [4.69, 9.17) is 16.2 Å². The maximum absolute atomic E-state index is 13.0. The van der Waals surface area contributed by atoms with Crippen LogP contribution in [-0.4, -0.2) is 23.3 Å². The number of pyridine rings is 1. The lowest BCUT2D eigenvalue weighted by Crippen LogP contribution is -2.22. The van der Waals surface area contributed by atoms with Crippen molar-refractivity contribution in [3.63, 3.8) is 0 Å². The number of halogens is 1. The third kappa shape index (κ3) is 4.82. The van der Waals surface area contributed by atoms with Crippen molar-refractivity contribution in [2.75, 3.05) is 11.9 Å². The molecule has 3 rings (SSSR count). The lowest BCUT2D eigenvalue weighted by molar-refractivity contribution is -0.116. The fraction of sp³-hybridized carbons (Fsp3) is 0.0500. The Kier molecular flexibility index (Phi) is 5.50. The van der Waals surface area contributed by atoms with E-state index in [0.717, 1.165) is 0 Å². The van der Waals surface area contributed by atoms with Crippen LogP contribution < -0.4 is 21.5 Å². The molecule has 7 nitrogen and oxygen atoms in total. The molecule has 0 atom stereocenters. The summed E-state index contributed by atoms with van der Waals surface area (Å²) in [6, 6.07) is 15.7. The lowest BCUT2D eigenvalue weighted by Gasteiger charge is -2.10. The predicted octanol–water partition coefficient (Wildman–Crippen LogP) is 2.68. The SMILES string of the molecule is NC(=O)CNc1cc(C(N)=O)nc(-c2ccc(Oc3ccc(F)cc3)cc2)c1. The molecule has 0 spiro atoms. The summed E-state index contributed by atoms with van der Waals surface area (Å²) in [5.41, 5.74) is 12.2. The smallest absolute Gasteiger partial charge is 0.267 e. The van der Waals surface area contributed by atoms with Gasteiger partial charge in [-0.25, -0.2) is 9.37 Å². The highest BCUT2D eigenvalue weighted by Crippen LogP contribution is 2.27. The van der Waals surface area contributed by atoms with Crippen molar-refractivity contribution in [3.05, 3.63) is 72.2 Å². The predicted molar refractivity (Wildman–Crippen MR) is 102 cm³/mol. The number of hydrogen-bond donors (Lipinski definition) is 3. The molecule has 0 radical (unpaired) electrons. The van der Waals surface area contributed by atoms with Crippen molar-refractivity contribution < 1.29 is 18.7 Å². The van der Waals surface area contributed by atoms with Crippen LogP contribution in [0.1, 0.15) is 10.5 Å². The summed E-state index contributed by atoms with van der Waals surface area (Å²) >= 11 is 0. The topological polar surface area (TPSA) is 120 Å². The van der Waals surface area contributed by atoms with E-state index in [0.29, 0.717) is 28.4 Å². The van der Waals surface area contributed by atoms with E-state index < -0.39 is 11.8 Å². The molecule has 3 aromatic rings. The Hall–Kier alpha value is -3.94.